The van der Waals surface area contributed by atoms with E-state index in [1.54, 1.807) is 5.32 Å². The normalized spacial score (nSPS) is 16.8. The number of aromatic nitrogens is 4. The number of rotatable bonds is 5. The monoisotopic (exact) mass is 416 g/mol. The quantitative estimate of drug-likeness (QED) is 0.558. The molecule has 0 saturated carbocycles. The minimum absolute atomic E-state index is 0.107. The fourth-order valence-corrected chi connectivity index (χ4v) is 1.74. The molecule has 0 aromatic carbocycles. The number of hydrogen-bond acceptors (Lipinski definition) is 6. The lowest BCUT2D eigenvalue weighted by atomic mass is 10.3. The van der Waals surface area contributed by atoms with E-state index >= 15 is 0 Å². The van der Waals surface area contributed by atoms with Crippen molar-refractivity contribution in [2.75, 3.05) is 10.6 Å². The van der Waals surface area contributed by atoms with Crippen molar-refractivity contribution in [3.63, 3.8) is 0 Å². The second-order valence-electron chi connectivity index (χ2n) is 5.22. The molecule has 148 valence electrons. The summed E-state index contributed by atoms with van der Waals surface area (Å²) in [7, 11) is 0. The molecule has 0 spiro atoms. The first-order valence-electron chi connectivity index (χ1n) is 8.18. The van der Waals surface area contributed by atoms with Gasteiger partial charge < -0.3 is 10.6 Å². The van der Waals surface area contributed by atoms with E-state index < -0.39 is 42.1 Å². The van der Waals surface area contributed by atoms with E-state index in [-0.39, 0.29) is 16.9 Å². The van der Waals surface area contributed by atoms with Gasteiger partial charge in [-0.25, -0.2) is 4.98 Å². The standard InChI is InChI=1S/C14H13ClF6N6/c1-6(13(16,17)18)22-11-25-10(8-4-3-5-9(15)24-8)26-12(27-11)23-7(2)14(19,20)21/h3-7H,1-2H3,(H2,22,23,25,26,27)/t6-,7-/m1/s1/i4D,6D. The van der Waals surface area contributed by atoms with Gasteiger partial charge in [0.25, 0.3) is 0 Å². The van der Waals surface area contributed by atoms with E-state index in [1.165, 1.54) is 12.1 Å². The van der Waals surface area contributed by atoms with Gasteiger partial charge >= 0.3 is 12.4 Å². The van der Waals surface area contributed by atoms with Crippen molar-refractivity contribution >= 4 is 23.5 Å². The van der Waals surface area contributed by atoms with Gasteiger partial charge in [0.05, 0.1) is 2.74 Å². The maximum absolute atomic E-state index is 13.0. The lowest BCUT2D eigenvalue weighted by Crippen LogP contribution is -2.35. The van der Waals surface area contributed by atoms with E-state index in [1.807, 2.05) is 5.32 Å². The number of nitrogens with one attached hydrogen (secondary N) is 2. The molecule has 2 N–H and O–H groups in total. The molecule has 0 fully saturated rings. The van der Waals surface area contributed by atoms with Gasteiger partial charge in [-0.3, -0.25) is 0 Å². The Labute approximate surface area is 157 Å². The molecular weight excluding hydrogens is 402 g/mol. The molecule has 0 aliphatic rings. The molecule has 0 saturated heterocycles. The molecule has 0 aliphatic heterocycles. The van der Waals surface area contributed by atoms with Crippen LogP contribution < -0.4 is 10.6 Å². The van der Waals surface area contributed by atoms with Gasteiger partial charge in [-0.15, -0.1) is 0 Å². The van der Waals surface area contributed by atoms with Crippen molar-refractivity contribution in [2.24, 2.45) is 0 Å². The molecule has 2 atom stereocenters. The number of alkyl halides is 6. The molecule has 0 amide bonds. The van der Waals surface area contributed by atoms with Crippen LogP contribution >= 0.6 is 11.6 Å². The van der Waals surface area contributed by atoms with Crippen LogP contribution in [0.2, 0.25) is 5.15 Å². The van der Waals surface area contributed by atoms with Gasteiger partial charge in [0.2, 0.25) is 11.9 Å². The van der Waals surface area contributed by atoms with Gasteiger partial charge in [-0.1, -0.05) is 17.7 Å². The van der Waals surface area contributed by atoms with Crippen molar-refractivity contribution in [1.82, 2.24) is 19.9 Å². The molecule has 2 aromatic rings. The number of hydrogen-bond donors (Lipinski definition) is 2. The third-order valence-corrected chi connectivity index (χ3v) is 3.28. The Hall–Kier alpha value is -2.37. The van der Waals surface area contributed by atoms with E-state index in [9.17, 15) is 26.3 Å². The maximum atomic E-state index is 13.0. The molecule has 0 unspecified atom stereocenters. The highest BCUT2D eigenvalue weighted by atomic mass is 35.5. The lowest BCUT2D eigenvalue weighted by Gasteiger charge is -2.20. The summed E-state index contributed by atoms with van der Waals surface area (Å²) in [6.45, 7) is 1.21. The van der Waals surface area contributed by atoms with Crippen molar-refractivity contribution in [3.05, 3.63) is 23.3 Å². The average molecular weight is 417 g/mol. The van der Waals surface area contributed by atoms with Crippen LogP contribution in [0.15, 0.2) is 18.2 Å². The maximum Gasteiger partial charge on any atom is 0.408 e. The van der Waals surface area contributed by atoms with Crippen LogP contribution in [-0.2, 0) is 0 Å². The first-order chi connectivity index (χ1) is 13.1. The first-order valence-corrected chi connectivity index (χ1v) is 7.56. The lowest BCUT2D eigenvalue weighted by molar-refractivity contribution is -0.139. The van der Waals surface area contributed by atoms with Crippen LogP contribution in [0.25, 0.3) is 11.5 Å². The van der Waals surface area contributed by atoms with Crippen LogP contribution in [0.5, 0.6) is 0 Å². The second kappa shape index (κ2) is 7.71. The second-order valence-corrected chi connectivity index (χ2v) is 5.61. The fourth-order valence-electron chi connectivity index (χ4n) is 1.60. The number of pyridine rings is 1. The molecule has 0 aliphatic carbocycles. The van der Waals surface area contributed by atoms with E-state index in [0.29, 0.717) is 6.92 Å². The summed E-state index contributed by atoms with van der Waals surface area (Å²) in [5.41, 5.74) is -0.302. The smallest absolute Gasteiger partial charge is 0.343 e. The molecule has 0 radical (unpaired) electrons. The van der Waals surface area contributed by atoms with Gasteiger partial charge in [-0.2, -0.15) is 41.3 Å². The zero-order valence-corrected chi connectivity index (χ0v) is 14.4. The third-order valence-electron chi connectivity index (χ3n) is 3.07. The van der Waals surface area contributed by atoms with Crippen molar-refractivity contribution in [1.29, 1.82) is 0 Å². The Bertz CT molecular complexity index is 892. The predicted molar refractivity (Wildman–Crippen MR) is 86.3 cm³/mol. The number of anilines is 2. The highest BCUT2D eigenvalue weighted by Crippen LogP contribution is 2.26. The largest absolute Gasteiger partial charge is 0.408 e. The summed E-state index contributed by atoms with van der Waals surface area (Å²) in [4.78, 5) is 14.6. The fraction of sp³-hybridized carbons (Fsp3) is 0.429. The summed E-state index contributed by atoms with van der Waals surface area (Å²) in [6.07, 6.45) is -9.76. The van der Waals surface area contributed by atoms with Crippen LogP contribution in [-0.4, -0.2) is 44.3 Å². The first kappa shape index (κ1) is 18.0. The molecular formula is C14H13ClF6N6. The molecule has 2 heterocycles. The molecule has 6 nitrogen and oxygen atoms in total. The Kier molecular flexibility index (Phi) is 5.14. The van der Waals surface area contributed by atoms with E-state index in [0.717, 1.165) is 6.92 Å². The number of halogens is 7. The van der Waals surface area contributed by atoms with Crippen LogP contribution in [0.3, 0.4) is 0 Å². The van der Waals surface area contributed by atoms with Crippen molar-refractivity contribution < 1.29 is 29.1 Å². The van der Waals surface area contributed by atoms with E-state index in [4.69, 9.17) is 14.3 Å². The summed E-state index contributed by atoms with van der Waals surface area (Å²) >= 11 is 5.73. The third kappa shape index (κ3) is 5.81. The highest BCUT2D eigenvalue weighted by molar-refractivity contribution is 6.29. The van der Waals surface area contributed by atoms with Crippen LogP contribution in [0.1, 0.15) is 16.6 Å². The van der Waals surface area contributed by atoms with Crippen molar-refractivity contribution in [2.45, 2.75) is 38.3 Å². The van der Waals surface area contributed by atoms with Crippen molar-refractivity contribution in [3.8, 4) is 11.5 Å². The Morgan fingerprint density at radius 2 is 1.59 bits per heavy atom. The van der Waals surface area contributed by atoms with Gasteiger partial charge in [0.15, 0.2) is 5.82 Å². The molecule has 27 heavy (non-hydrogen) atoms. The summed E-state index contributed by atoms with van der Waals surface area (Å²) in [5, 5.41) is 3.48. The average Bonchev–Trinajstić information content (AvgIpc) is 2.54. The van der Waals surface area contributed by atoms with Gasteiger partial charge in [-0.05, 0) is 26.0 Å². The highest BCUT2D eigenvalue weighted by Gasteiger charge is 2.38. The summed E-state index contributed by atoms with van der Waals surface area (Å²) in [6, 6.07) is -3.26. The SMILES string of the molecule is [2H]c1ccc(Cl)nc1-c1nc(N[C@H](C)C(F)(F)F)nc(N[C@]([2H])(C)C(F)(F)F)n1. The summed E-state index contributed by atoms with van der Waals surface area (Å²) in [5.74, 6) is -2.09. The Morgan fingerprint density at radius 1 is 1.00 bits per heavy atom. The Morgan fingerprint density at radius 3 is 2.15 bits per heavy atom. The van der Waals surface area contributed by atoms with Crippen LogP contribution in [0, 0.1) is 0 Å². The van der Waals surface area contributed by atoms with Gasteiger partial charge in [0, 0.05) is 0 Å². The predicted octanol–water partition coefficient (Wildman–Crippen LogP) is 4.31. The van der Waals surface area contributed by atoms with E-state index in [2.05, 4.69) is 19.9 Å². The zero-order valence-electron chi connectivity index (χ0n) is 15.7. The van der Waals surface area contributed by atoms with Crippen LogP contribution in [0.4, 0.5) is 38.2 Å². The number of nitrogens with zero attached hydrogens (tertiary/aromatic N) is 4. The summed E-state index contributed by atoms with van der Waals surface area (Å²) < 4.78 is 92.6. The zero-order chi connectivity index (χ0) is 22.2. The molecule has 2 aromatic heterocycles. The minimum Gasteiger partial charge on any atom is -0.343 e. The minimum atomic E-state index is -5.05. The molecule has 13 heteroatoms. The Balaban J connectivity index is 2.56. The topological polar surface area (TPSA) is 75.6 Å². The molecule has 2 rings (SSSR count). The molecule has 0 bridgehead atoms. The van der Waals surface area contributed by atoms with Gasteiger partial charge in [0.1, 0.15) is 22.9 Å².